The van der Waals surface area contributed by atoms with Crippen molar-refractivity contribution >= 4 is 21.6 Å². The number of hydrogen-bond donors (Lipinski definition) is 3. The number of sulfonamides is 1. The zero-order valence-electron chi connectivity index (χ0n) is 16.0. The molecule has 0 heterocycles. The lowest BCUT2D eigenvalue weighted by molar-refractivity contribution is -0.139. The van der Waals surface area contributed by atoms with E-state index in [0.717, 1.165) is 12.1 Å². The smallest absolute Gasteiger partial charge is 0.341 e. The molecule has 2 aromatic rings. The van der Waals surface area contributed by atoms with Crippen LogP contribution in [0.4, 0.5) is 0 Å². The third-order valence-corrected chi connectivity index (χ3v) is 5.59. The molecule has 0 bridgehead atoms. The number of nitrogens with zero attached hydrogens (tertiary/aromatic N) is 1. The zero-order valence-corrected chi connectivity index (χ0v) is 16.8. The van der Waals surface area contributed by atoms with Gasteiger partial charge in [-0.1, -0.05) is 31.4 Å². The van der Waals surface area contributed by atoms with Gasteiger partial charge in [-0.2, -0.15) is 5.26 Å². The maximum absolute atomic E-state index is 12.5. The van der Waals surface area contributed by atoms with Crippen LogP contribution in [0.1, 0.15) is 16.7 Å². The first-order valence-electron chi connectivity index (χ1n) is 8.70. The quantitative estimate of drug-likeness (QED) is 0.494. The molecule has 9 heteroatoms. The summed E-state index contributed by atoms with van der Waals surface area (Å²) in [4.78, 5) is 10.4. The van der Waals surface area contributed by atoms with Crippen molar-refractivity contribution in [2.45, 2.75) is 11.3 Å². The number of nitriles is 1. The maximum Gasteiger partial charge on any atom is 0.341 e. The van der Waals surface area contributed by atoms with Crippen molar-refractivity contribution in [3.05, 3.63) is 72.3 Å². The minimum absolute atomic E-state index is 0.0518. The Balaban J connectivity index is 2.20. The molecule has 0 amide bonds. The van der Waals surface area contributed by atoms with Crippen molar-refractivity contribution in [2.75, 3.05) is 13.2 Å². The molecule has 2 rings (SSSR count). The molecule has 156 valence electrons. The van der Waals surface area contributed by atoms with Crippen LogP contribution in [-0.4, -0.2) is 37.8 Å². The van der Waals surface area contributed by atoms with Crippen LogP contribution in [0.3, 0.4) is 0 Å². The van der Waals surface area contributed by atoms with E-state index in [-0.39, 0.29) is 24.3 Å². The SMILES string of the molecule is C=CC(=C)c1ccc(CCNS(=O)(=O)c2cc(C#N)ccc2O)c(OCC(=O)O)c1. The van der Waals surface area contributed by atoms with E-state index in [1.807, 2.05) is 6.07 Å². The highest BCUT2D eigenvalue weighted by molar-refractivity contribution is 7.89. The van der Waals surface area contributed by atoms with E-state index in [4.69, 9.17) is 15.1 Å². The van der Waals surface area contributed by atoms with Crippen LogP contribution in [0.5, 0.6) is 11.5 Å². The van der Waals surface area contributed by atoms with Gasteiger partial charge in [-0.25, -0.2) is 17.9 Å². The van der Waals surface area contributed by atoms with Gasteiger partial charge in [-0.05, 0) is 47.4 Å². The molecular weight excluding hydrogens is 408 g/mol. The predicted octanol–water partition coefficient (Wildman–Crippen LogP) is 2.45. The second-order valence-corrected chi connectivity index (χ2v) is 7.91. The number of hydrogen-bond acceptors (Lipinski definition) is 6. The predicted molar refractivity (Wildman–Crippen MR) is 111 cm³/mol. The monoisotopic (exact) mass is 428 g/mol. The molecule has 0 radical (unpaired) electrons. The largest absolute Gasteiger partial charge is 0.507 e. The second-order valence-electron chi connectivity index (χ2n) is 6.18. The zero-order chi connectivity index (χ0) is 22.3. The van der Waals surface area contributed by atoms with E-state index >= 15 is 0 Å². The molecule has 0 aromatic heterocycles. The highest BCUT2D eigenvalue weighted by Gasteiger charge is 2.19. The first-order chi connectivity index (χ1) is 14.2. The van der Waals surface area contributed by atoms with Crippen molar-refractivity contribution < 1.29 is 28.2 Å². The van der Waals surface area contributed by atoms with Crippen molar-refractivity contribution in [2.24, 2.45) is 0 Å². The highest BCUT2D eigenvalue weighted by atomic mass is 32.2. The Kier molecular flexibility index (Phi) is 7.36. The molecule has 3 N–H and O–H groups in total. The van der Waals surface area contributed by atoms with Crippen LogP contribution >= 0.6 is 0 Å². The van der Waals surface area contributed by atoms with E-state index in [9.17, 15) is 18.3 Å². The first kappa shape index (κ1) is 22.7. The van der Waals surface area contributed by atoms with Gasteiger partial charge in [0, 0.05) is 6.54 Å². The van der Waals surface area contributed by atoms with Gasteiger partial charge < -0.3 is 14.9 Å². The molecule has 0 saturated carbocycles. The number of phenols is 1. The number of aromatic hydroxyl groups is 1. The molecule has 2 aromatic carbocycles. The molecule has 0 unspecified atom stereocenters. The summed E-state index contributed by atoms with van der Waals surface area (Å²) in [6.45, 7) is 6.86. The summed E-state index contributed by atoms with van der Waals surface area (Å²) in [7, 11) is -4.07. The molecule has 0 aliphatic rings. The highest BCUT2D eigenvalue weighted by Crippen LogP contribution is 2.26. The van der Waals surface area contributed by atoms with Gasteiger partial charge in [0.1, 0.15) is 16.4 Å². The number of allylic oxidation sites excluding steroid dienone is 2. The Labute approximate surface area is 174 Å². The van der Waals surface area contributed by atoms with Crippen molar-refractivity contribution in [3.8, 4) is 17.6 Å². The van der Waals surface area contributed by atoms with Crippen LogP contribution in [0.2, 0.25) is 0 Å². The van der Waals surface area contributed by atoms with Crippen molar-refractivity contribution in [1.82, 2.24) is 4.72 Å². The molecule has 0 aliphatic carbocycles. The van der Waals surface area contributed by atoms with E-state index < -0.39 is 33.2 Å². The summed E-state index contributed by atoms with van der Waals surface area (Å²) in [5.41, 5.74) is 1.98. The van der Waals surface area contributed by atoms with E-state index in [1.54, 1.807) is 24.3 Å². The molecule has 30 heavy (non-hydrogen) atoms. The molecule has 0 spiro atoms. The van der Waals surface area contributed by atoms with Crippen molar-refractivity contribution in [1.29, 1.82) is 5.26 Å². The number of carboxylic acid groups (broad SMARTS) is 1. The average Bonchev–Trinajstić information content (AvgIpc) is 2.72. The van der Waals surface area contributed by atoms with Crippen LogP contribution in [-0.2, 0) is 21.2 Å². The molecule has 8 nitrogen and oxygen atoms in total. The Bertz CT molecular complexity index is 1130. The van der Waals surface area contributed by atoms with Crippen LogP contribution in [0.25, 0.3) is 5.57 Å². The van der Waals surface area contributed by atoms with Gasteiger partial charge >= 0.3 is 5.97 Å². The minimum Gasteiger partial charge on any atom is -0.507 e. The number of aliphatic carboxylic acids is 1. The van der Waals surface area contributed by atoms with Crippen LogP contribution in [0.15, 0.2) is 60.5 Å². The van der Waals surface area contributed by atoms with Gasteiger partial charge in [0.05, 0.1) is 11.6 Å². The number of carbonyl (C=O) groups is 1. The normalized spacial score (nSPS) is 10.8. The van der Waals surface area contributed by atoms with Crippen LogP contribution in [0, 0.1) is 11.3 Å². The van der Waals surface area contributed by atoms with E-state index in [0.29, 0.717) is 16.7 Å². The van der Waals surface area contributed by atoms with E-state index in [2.05, 4.69) is 17.9 Å². The molecule has 0 atom stereocenters. The summed E-state index contributed by atoms with van der Waals surface area (Å²) >= 11 is 0. The van der Waals surface area contributed by atoms with Crippen LogP contribution < -0.4 is 9.46 Å². The number of ether oxygens (including phenoxy) is 1. The first-order valence-corrected chi connectivity index (χ1v) is 10.2. The Morgan fingerprint density at radius 3 is 2.63 bits per heavy atom. The number of carboxylic acids is 1. The summed E-state index contributed by atoms with van der Waals surface area (Å²) in [6, 6.07) is 10.4. The second kappa shape index (κ2) is 9.73. The fraction of sp³-hybridized carbons (Fsp3) is 0.143. The molecule has 0 saturated heterocycles. The fourth-order valence-corrected chi connectivity index (χ4v) is 3.70. The number of phenolic OH excluding ortho intramolecular Hbond substituents is 1. The van der Waals surface area contributed by atoms with Gasteiger partial charge in [0.2, 0.25) is 10.0 Å². The summed E-state index contributed by atoms with van der Waals surface area (Å²) in [5.74, 6) is -1.34. The van der Waals surface area contributed by atoms with Gasteiger partial charge in [0.15, 0.2) is 6.61 Å². The number of nitrogens with one attached hydrogen (secondary N) is 1. The molecular formula is C21H20N2O6S. The summed E-state index contributed by atoms with van der Waals surface area (Å²) < 4.78 is 32.6. The Morgan fingerprint density at radius 2 is 2.00 bits per heavy atom. The number of rotatable bonds is 10. The average molecular weight is 428 g/mol. The minimum atomic E-state index is -4.07. The maximum atomic E-state index is 12.5. The fourth-order valence-electron chi connectivity index (χ4n) is 2.55. The lowest BCUT2D eigenvalue weighted by atomic mass is 10.0. The standard InChI is InChI=1S/C21H20N2O6S/c1-3-14(2)17-6-5-16(19(11-17)29-13-21(25)26)8-9-23-30(27,28)20-10-15(12-22)4-7-18(20)24/h3-7,10-11,23-24H,1-2,8-9,13H2,(H,25,26). The summed E-state index contributed by atoms with van der Waals surface area (Å²) in [6.07, 6.45) is 1.74. The van der Waals surface area contributed by atoms with Gasteiger partial charge in [0.25, 0.3) is 0 Å². The Hall–Kier alpha value is -3.61. The topological polar surface area (TPSA) is 137 Å². The van der Waals surface area contributed by atoms with Crippen molar-refractivity contribution in [3.63, 3.8) is 0 Å². The third kappa shape index (κ3) is 5.70. The molecule has 0 aliphatic heterocycles. The van der Waals surface area contributed by atoms with E-state index in [1.165, 1.54) is 6.07 Å². The lowest BCUT2D eigenvalue weighted by Crippen LogP contribution is -2.26. The number of benzene rings is 2. The van der Waals surface area contributed by atoms with Gasteiger partial charge in [-0.3, -0.25) is 0 Å². The van der Waals surface area contributed by atoms with Gasteiger partial charge in [-0.15, -0.1) is 0 Å². The Morgan fingerprint density at radius 1 is 1.27 bits per heavy atom. The molecule has 0 fully saturated rings. The third-order valence-electron chi connectivity index (χ3n) is 4.10. The summed E-state index contributed by atoms with van der Waals surface area (Å²) in [5, 5.41) is 27.6. The lowest BCUT2D eigenvalue weighted by Gasteiger charge is -2.13.